The fourth-order valence-corrected chi connectivity index (χ4v) is 44.2. The maximum atomic E-state index is 21.5. The van der Waals surface area contributed by atoms with Gasteiger partial charge in [0.15, 0.2) is 0 Å². The number of hydrogen-bond donors (Lipinski definition) is 0. The molecule has 11 heteroatoms. The summed E-state index contributed by atoms with van der Waals surface area (Å²) in [5.41, 5.74) is 11.1. The Bertz CT molecular complexity index is 4150. The SMILES string of the molecule is COc1cccc(CP(OP(=O)(OP(Cc2cccc(OC)c2)(c2ccccc2C)(c2ccccc2C)c2ccccc2C)OP(Cc2cccc(OC)c2)(c2ccccc2C)(c2ccccc2C)c2ccccc2C)(c2ccccc2C)(c2ccccc2C)c2ccccc2C)c1. The first-order valence-electron chi connectivity index (χ1n) is 33.5. The Balaban J connectivity index is 1.45. The summed E-state index contributed by atoms with van der Waals surface area (Å²) >= 11 is 0. The molecule has 0 spiro atoms. The van der Waals surface area contributed by atoms with Crippen molar-refractivity contribution in [3.63, 3.8) is 0 Å². The normalized spacial score (nSPS) is 13.7. The monoisotopic (exact) mass is 1370 g/mol. The molecule has 0 amide bonds. The summed E-state index contributed by atoms with van der Waals surface area (Å²) in [4.78, 5) is 0. The molecule has 0 aliphatic carbocycles. The fourth-order valence-electron chi connectivity index (χ4n) is 16.3. The van der Waals surface area contributed by atoms with Crippen molar-refractivity contribution in [2.24, 2.45) is 0 Å². The van der Waals surface area contributed by atoms with E-state index >= 15 is 4.57 Å². The second kappa shape index (κ2) is 27.6. The summed E-state index contributed by atoms with van der Waals surface area (Å²) in [5.74, 6) is 1.99. The third-order valence-electron chi connectivity index (χ3n) is 20.3. The van der Waals surface area contributed by atoms with Gasteiger partial charge in [0, 0.05) is 0 Å². The number of hydrogen-bond acceptors (Lipinski definition) is 7. The average molecular weight is 1370 g/mol. The van der Waals surface area contributed by atoms with E-state index in [1.54, 1.807) is 21.3 Å². The summed E-state index contributed by atoms with van der Waals surface area (Å²) in [6.07, 6.45) is 0.530. The molecule has 12 aromatic rings. The van der Waals surface area contributed by atoms with E-state index < -0.39 is 28.3 Å². The zero-order valence-corrected chi connectivity index (χ0v) is 62.1. The zero-order valence-electron chi connectivity index (χ0n) is 58.5. The Morgan fingerprint density at radius 3 is 0.551 bits per heavy atom. The Kier molecular flexibility index (Phi) is 19.6. The number of aryl methyl sites for hydroxylation is 9. The van der Waals surface area contributed by atoms with Crippen LogP contribution in [0.15, 0.2) is 291 Å². The van der Waals surface area contributed by atoms with Gasteiger partial charge in [-0.25, -0.2) is 0 Å². The second-order valence-corrected chi connectivity index (χ2v) is 41.9. The van der Waals surface area contributed by atoms with Crippen LogP contribution in [0.25, 0.3) is 0 Å². The summed E-state index contributed by atoms with van der Waals surface area (Å²) in [6.45, 7) is 3.49. The molecule has 0 saturated heterocycles. The van der Waals surface area contributed by atoms with E-state index in [0.717, 1.165) is 115 Å². The minimum atomic E-state index is -5.83. The zero-order chi connectivity index (χ0) is 69.0. The quantitative estimate of drug-likeness (QED) is 0.0558. The molecule has 0 aliphatic rings. The van der Waals surface area contributed by atoms with Gasteiger partial charge in [-0.05, 0) is 0 Å². The number of phosphoric acid groups is 1. The van der Waals surface area contributed by atoms with Crippen LogP contribution in [0.3, 0.4) is 0 Å². The summed E-state index contributed by atoms with van der Waals surface area (Å²) in [7, 11) is -0.715. The van der Waals surface area contributed by atoms with Crippen molar-refractivity contribution >= 4 is 76.1 Å². The number of benzene rings is 12. The van der Waals surface area contributed by atoms with Gasteiger partial charge in [0.25, 0.3) is 0 Å². The molecule has 0 fully saturated rings. The van der Waals surface area contributed by atoms with E-state index in [1.165, 1.54) is 0 Å². The van der Waals surface area contributed by atoms with Crippen molar-refractivity contribution in [1.29, 1.82) is 0 Å². The Labute approximate surface area is 581 Å². The predicted octanol–water partition coefficient (Wildman–Crippen LogP) is 18.9. The van der Waals surface area contributed by atoms with Crippen LogP contribution in [-0.4, -0.2) is 21.3 Å². The molecule has 0 radical (unpaired) electrons. The van der Waals surface area contributed by atoms with Gasteiger partial charge in [-0.2, -0.15) is 0 Å². The van der Waals surface area contributed by atoms with Crippen LogP contribution in [0.1, 0.15) is 66.8 Å². The molecule has 0 atom stereocenters. The summed E-state index contributed by atoms with van der Waals surface area (Å²) < 4.78 is 69.0. The van der Waals surface area contributed by atoms with Gasteiger partial charge in [-0.3, -0.25) is 0 Å². The third kappa shape index (κ3) is 11.6. The van der Waals surface area contributed by atoms with Crippen LogP contribution < -0.4 is 62.0 Å². The van der Waals surface area contributed by atoms with Crippen molar-refractivity contribution < 1.29 is 31.7 Å². The minimum absolute atomic E-state index is 0.177. The predicted molar refractivity (Wildman–Crippen MR) is 419 cm³/mol. The molecule has 12 aromatic carbocycles. The molecule has 0 aliphatic heterocycles. The van der Waals surface area contributed by atoms with Gasteiger partial charge in [-0.15, -0.1) is 0 Å². The molecule has 7 nitrogen and oxygen atoms in total. The molecule has 12 rings (SSSR count). The fraction of sp³-hybridized carbons (Fsp3) is 0.172. The maximum absolute atomic E-state index is 21.5. The first-order valence-corrected chi connectivity index (χ1v) is 42.0. The molecule has 0 heterocycles. The van der Waals surface area contributed by atoms with Gasteiger partial charge in [-0.1, -0.05) is 0 Å². The number of methoxy groups -OCH3 is 3. The molecule has 0 aromatic heterocycles. The Morgan fingerprint density at radius 2 is 0.398 bits per heavy atom. The third-order valence-corrected chi connectivity index (χ3v) is 43.6. The topological polar surface area (TPSA) is 72.5 Å². The van der Waals surface area contributed by atoms with Crippen LogP contribution in [0.4, 0.5) is 0 Å². The molecule has 0 N–H and O–H groups in total. The van der Waals surface area contributed by atoms with E-state index in [4.69, 9.17) is 14.2 Å². The average Bonchev–Trinajstić information content (AvgIpc) is 0.659. The van der Waals surface area contributed by atoms with Crippen molar-refractivity contribution in [3.8, 4) is 17.2 Å². The van der Waals surface area contributed by atoms with Crippen molar-refractivity contribution in [2.45, 2.75) is 80.8 Å². The second-order valence-electron chi connectivity index (χ2n) is 26.4. The van der Waals surface area contributed by atoms with E-state index in [1.807, 2.05) is 36.4 Å². The van der Waals surface area contributed by atoms with Crippen LogP contribution in [0, 0.1) is 62.3 Å². The molecular formula is C87H90O7P4. The van der Waals surface area contributed by atoms with Gasteiger partial charge < -0.3 is 0 Å². The molecule has 0 unspecified atom stereocenters. The van der Waals surface area contributed by atoms with E-state index in [9.17, 15) is 12.9 Å². The van der Waals surface area contributed by atoms with Crippen LogP contribution >= 0.6 is 28.3 Å². The molecule has 500 valence electrons. The summed E-state index contributed by atoms with van der Waals surface area (Å²) in [6, 6.07) is 102. The van der Waals surface area contributed by atoms with Crippen LogP contribution in [-0.2, 0) is 36.0 Å². The molecule has 98 heavy (non-hydrogen) atoms. The van der Waals surface area contributed by atoms with Crippen molar-refractivity contribution in [1.82, 2.24) is 0 Å². The van der Waals surface area contributed by atoms with E-state index in [-0.39, 0.29) is 18.5 Å². The van der Waals surface area contributed by atoms with Gasteiger partial charge in [0.2, 0.25) is 0 Å². The van der Waals surface area contributed by atoms with E-state index in [0.29, 0.717) is 17.2 Å². The van der Waals surface area contributed by atoms with Crippen LogP contribution in [0.5, 0.6) is 17.2 Å². The molecular weight excluding hydrogens is 1280 g/mol. The number of rotatable bonds is 24. The van der Waals surface area contributed by atoms with E-state index in [2.05, 4.69) is 317 Å². The van der Waals surface area contributed by atoms with Gasteiger partial charge in [0.05, 0.1) is 0 Å². The molecule has 0 bridgehead atoms. The molecule has 0 saturated carbocycles. The first kappa shape index (κ1) is 69.3. The number of ether oxygens (including phenoxy) is 3. The van der Waals surface area contributed by atoms with Crippen molar-refractivity contribution in [2.75, 3.05) is 21.3 Å². The van der Waals surface area contributed by atoms with Crippen LogP contribution in [0.2, 0.25) is 0 Å². The Hall–Kier alpha value is -8.56. The Morgan fingerprint density at radius 1 is 0.235 bits per heavy atom. The first-order chi connectivity index (χ1) is 47.3. The summed E-state index contributed by atoms with van der Waals surface area (Å²) in [5, 5.41) is 7.78. The standard InChI is InChI=1S/C87H90O7P4/c1-64-34-13-22-49-79(64)96(80-50-23-14-35-65(80)2,81-51-24-15-36-66(81)3,61-73-43-31-46-76(58-73)89-10)92-95(88,93-97(82-52-25-16-37-67(82)4,83-53-26-17-38-68(83)5,84-54-27-18-39-69(84)6)62-74-44-32-47-77(59-74)90-11)94-98(85-55-28-19-40-70(85)7,86-56-29-20-41-71(86)8,87-57-30-21-42-72(87)9)63-75-45-33-48-78(60-75)91-12/h13-60H,61-63H2,1-12H3. The van der Waals surface area contributed by atoms with Crippen molar-refractivity contribution in [3.05, 3.63) is 358 Å². The van der Waals surface area contributed by atoms with Gasteiger partial charge >= 0.3 is 585 Å². The van der Waals surface area contributed by atoms with Gasteiger partial charge in [0.1, 0.15) is 0 Å².